The van der Waals surface area contributed by atoms with Crippen LogP contribution in [0.4, 0.5) is 4.79 Å². The Labute approximate surface area is 201 Å². The van der Waals surface area contributed by atoms with Gasteiger partial charge in [-0.2, -0.15) is 4.31 Å². The van der Waals surface area contributed by atoms with Crippen molar-refractivity contribution in [2.45, 2.75) is 49.3 Å². The van der Waals surface area contributed by atoms with Gasteiger partial charge in [-0.25, -0.2) is 13.2 Å². The monoisotopic (exact) mass is 503 g/mol. The fourth-order valence-electron chi connectivity index (χ4n) is 4.56. The van der Waals surface area contributed by atoms with Gasteiger partial charge in [0.25, 0.3) is 0 Å². The van der Waals surface area contributed by atoms with Gasteiger partial charge in [-0.1, -0.05) is 18.5 Å². The van der Waals surface area contributed by atoms with Crippen molar-refractivity contribution in [1.82, 2.24) is 14.1 Å². The van der Waals surface area contributed by atoms with E-state index in [2.05, 4.69) is 4.90 Å². The molecular weight excluding hydrogens is 470 g/mol. The molecule has 1 aromatic rings. The van der Waals surface area contributed by atoms with E-state index < -0.39 is 22.2 Å². The molecule has 2 fully saturated rings. The maximum Gasteiger partial charge on any atom is 0.409 e. The molecule has 33 heavy (non-hydrogen) atoms. The van der Waals surface area contributed by atoms with Crippen molar-refractivity contribution in [2.75, 3.05) is 53.0 Å². The fraction of sp³-hybridized carbons (Fsp3) is 0.682. The summed E-state index contributed by atoms with van der Waals surface area (Å²) >= 11 is 5.95. The van der Waals surface area contributed by atoms with Gasteiger partial charge in [0, 0.05) is 50.9 Å². The van der Waals surface area contributed by atoms with Gasteiger partial charge in [-0.3, -0.25) is 4.90 Å². The van der Waals surface area contributed by atoms with E-state index in [1.807, 2.05) is 6.92 Å². The molecule has 0 aliphatic carbocycles. The smallest absolute Gasteiger partial charge is 0.409 e. The maximum absolute atomic E-state index is 13.6. The highest BCUT2D eigenvalue weighted by molar-refractivity contribution is 7.89. The number of nitrogens with zero attached hydrogens (tertiary/aromatic N) is 3. The minimum atomic E-state index is -3.82. The van der Waals surface area contributed by atoms with E-state index in [-0.39, 0.29) is 30.3 Å². The van der Waals surface area contributed by atoms with Crippen molar-refractivity contribution in [2.24, 2.45) is 0 Å². The van der Waals surface area contributed by atoms with E-state index in [1.54, 1.807) is 24.1 Å². The first-order chi connectivity index (χ1) is 15.8. The van der Waals surface area contributed by atoms with Crippen LogP contribution < -0.4 is 0 Å². The number of methoxy groups -OCH3 is 1. The van der Waals surface area contributed by atoms with E-state index in [9.17, 15) is 13.2 Å². The summed E-state index contributed by atoms with van der Waals surface area (Å²) in [4.78, 5) is 16.6. The van der Waals surface area contributed by atoms with Crippen molar-refractivity contribution < 1.29 is 27.8 Å². The molecular formula is C22H34ClN3O6S. The third-order valence-electron chi connectivity index (χ3n) is 6.43. The van der Waals surface area contributed by atoms with Gasteiger partial charge in [-0.05, 0) is 43.5 Å². The molecule has 0 aromatic heterocycles. The molecule has 0 spiro atoms. The molecule has 1 amide bonds. The van der Waals surface area contributed by atoms with Crippen LogP contribution in [-0.2, 0) is 19.5 Å². The van der Waals surface area contributed by atoms with E-state index in [1.165, 1.54) is 16.4 Å². The molecule has 0 unspecified atom stereocenters. The summed E-state index contributed by atoms with van der Waals surface area (Å²) in [6.45, 7) is 4.92. The largest absolute Gasteiger partial charge is 0.448 e. The summed E-state index contributed by atoms with van der Waals surface area (Å²) in [5.41, 5.74) is 0. The second-order valence-corrected chi connectivity index (χ2v) is 10.7. The third kappa shape index (κ3) is 6.37. The molecule has 2 saturated heterocycles. The summed E-state index contributed by atoms with van der Waals surface area (Å²) < 4.78 is 39.9. The molecule has 2 heterocycles. The number of halogens is 1. The zero-order valence-corrected chi connectivity index (χ0v) is 20.8. The average Bonchev–Trinajstić information content (AvgIpc) is 2.82. The third-order valence-corrected chi connectivity index (χ3v) is 8.70. The summed E-state index contributed by atoms with van der Waals surface area (Å²) in [5.74, 6) is 0. The number of carbonyl (C=O) groups excluding carboxylic acids is 1. The Morgan fingerprint density at radius 2 is 1.76 bits per heavy atom. The number of amides is 1. The number of hydrogen-bond acceptors (Lipinski definition) is 7. The van der Waals surface area contributed by atoms with Gasteiger partial charge in [0.15, 0.2) is 0 Å². The quantitative estimate of drug-likeness (QED) is 0.579. The molecule has 0 radical (unpaired) electrons. The lowest BCUT2D eigenvalue weighted by atomic mass is 9.94. The Morgan fingerprint density at radius 3 is 2.33 bits per heavy atom. The topological polar surface area (TPSA) is 99.6 Å². The first-order valence-corrected chi connectivity index (χ1v) is 13.2. The summed E-state index contributed by atoms with van der Waals surface area (Å²) in [6, 6.07) is 5.32. The number of piperazine rings is 1. The van der Waals surface area contributed by atoms with Crippen molar-refractivity contribution in [3.63, 3.8) is 0 Å². The van der Waals surface area contributed by atoms with Crippen LogP contribution in [0.25, 0.3) is 0 Å². The van der Waals surface area contributed by atoms with Crippen molar-refractivity contribution >= 4 is 27.7 Å². The molecule has 186 valence electrons. The lowest BCUT2D eigenvalue weighted by Crippen LogP contribution is -2.56. The van der Waals surface area contributed by atoms with Crippen molar-refractivity contribution in [3.05, 3.63) is 29.3 Å². The fourth-order valence-corrected chi connectivity index (χ4v) is 6.58. The zero-order valence-electron chi connectivity index (χ0n) is 19.2. The van der Waals surface area contributed by atoms with E-state index >= 15 is 0 Å². The Hall–Kier alpha value is -1.43. The second kappa shape index (κ2) is 11.8. The van der Waals surface area contributed by atoms with Crippen LogP contribution >= 0.6 is 11.6 Å². The van der Waals surface area contributed by atoms with Gasteiger partial charge in [0.1, 0.15) is 6.61 Å². The van der Waals surface area contributed by atoms with Gasteiger partial charge >= 0.3 is 6.09 Å². The predicted octanol–water partition coefficient (Wildman–Crippen LogP) is 2.03. The minimum absolute atomic E-state index is 0.0428. The van der Waals surface area contributed by atoms with Crippen LogP contribution in [0.3, 0.4) is 0 Å². The minimum Gasteiger partial charge on any atom is -0.448 e. The van der Waals surface area contributed by atoms with E-state index in [0.717, 1.165) is 0 Å². The number of piperidine rings is 1. The lowest BCUT2D eigenvalue weighted by molar-refractivity contribution is -0.0110. The van der Waals surface area contributed by atoms with Gasteiger partial charge < -0.3 is 19.5 Å². The number of hydrogen-bond donors (Lipinski definition) is 1. The van der Waals surface area contributed by atoms with Gasteiger partial charge in [0.2, 0.25) is 10.0 Å². The summed E-state index contributed by atoms with van der Waals surface area (Å²) in [5, 5.41) is 9.54. The Balaban J connectivity index is 1.73. The highest BCUT2D eigenvalue weighted by atomic mass is 35.5. The van der Waals surface area contributed by atoms with Crippen LogP contribution in [-0.4, -0.2) is 105 Å². The summed E-state index contributed by atoms with van der Waals surface area (Å²) in [7, 11) is -2.20. The van der Waals surface area contributed by atoms with Crippen molar-refractivity contribution in [1.29, 1.82) is 0 Å². The van der Waals surface area contributed by atoms with E-state index in [4.69, 9.17) is 26.2 Å². The van der Waals surface area contributed by atoms with Crippen LogP contribution in [0.5, 0.6) is 0 Å². The Bertz CT molecular complexity index is 877. The Morgan fingerprint density at radius 1 is 1.12 bits per heavy atom. The molecule has 2 aliphatic rings. The number of rotatable bonds is 8. The zero-order chi connectivity index (χ0) is 24.0. The number of sulfonamides is 1. The highest BCUT2D eigenvalue weighted by Crippen LogP contribution is 2.33. The standard InChI is InChI=1S/C22H34ClN3O6S/c1-3-18-14-20(31-2)15-19(26(18)33(29,30)21-6-4-17(23)5-7-21)16-32-22(28)25-10-8-24(9-11-25)12-13-27/h4-7,18-20,27H,3,8-16H2,1-2H3/t18-,19-,20+/m1/s1. The number of carbonyl (C=O) groups is 1. The van der Waals surface area contributed by atoms with Gasteiger partial charge in [-0.15, -0.1) is 0 Å². The SMILES string of the molecule is CC[C@@H]1C[C@H](OC)C[C@H](COC(=O)N2CCN(CCO)CC2)N1S(=O)(=O)c1ccc(Cl)cc1. The van der Waals surface area contributed by atoms with Crippen molar-refractivity contribution in [3.8, 4) is 0 Å². The van der Waals surface area contributed by atoms with E-state index in [0.29, 0.717) is 57.0 Å². The van der Waals surface area contributed by atoms with Crippen LogP contribution in [0.1, 0.15) is 26.2 Å². The normalized spacial score (nSPS) is 25.2. The number of aliphatic hydroxyl groups is 1. The predicted molar refractivity (Wildman–Crippen MR) is 125 cm³/mol. The molecule has 0 saturated carbocycles. The molecule has 3 rings (SSSR count). The highest BCUT2D eigenvalue weighted by Gasteiger charge is 2.43. The van der Waals surface area contributed by atoms with Gasteiger partial charge in [0.05, 0.1) is 23.6 Å². The molecule has 9 nitrogen and oxygen atoms in total. The molecule has 1 aromatic carbocycles. The van der Waals surface area contributed by atoms with Crippen LogP contribution in [0, 0.1) is 0 Å². The molecule has 0 bridgehead atoms. The molecule has 11 heteroatoms. The van der Waals surface area contributed by atoms with Crippen LogP contribution in [0.2, 0.25) is 5.02 Å². The molecule has 1 N–H and O–H groups in total. The molecule has 3 atom stereocenters. The summed E-state index contributed by atoms with van der Waals surface area (Å²) in [6.07, 6.45) is 1.07. The lowest BCUT2D eigenvalue weighted by Gasteiger charge is -2.43. The number of benzene rings is 1. The van der Waals surface area contributed by atoms with Crippen LogP contribution in [0.15, 0.2) is 29.2 Å². The average molecular weight is 504 g/mol. The number of aliphatic hydroxyl groups excluding tert-OH is 1. The Kier molecular flexibility index (Phi) is 9.37. The first kappa shape index (κ1) is 26.2. The maximum atomic E-state index is 13.6. The molecule has 2 aliphatic heterocycles. The second-order valence-electron chi connectivity index (χ2n) is 8.46. The number of ether oxygens (including phenoxy) is 2. The first-order valence-electron chi connectivity index (χ1n) is 11.4. The number of β-amino-alcohol motifs (C(OH)–C–C–N with tert-alkyl or cyclic N) is 1.